The Hall–Kier alpha value is -2.80. The summed E-state index contributed by atoms with van der Waals surface area (Å²) in [7, 11) is 0. The van der Waals surface area contributed by atoms with Crippen LogP contribution in [0, 0.1) is 11.8 Å². The van der Waals surface area contributed by atoms with Gasteiger partial charge in [0.15, 0.2) is 0 Å². The van der Waals surface area contributed by atoms with Gasteiger partial charge in [0.25, 0.3) is 5.91 Å². The first-order valence-corrected chi connectivity index (χ1v) is 9.64. The van der Waals surface area contributed by atoms with E-state index in [0.717, 1.165) is 18.4 Å². The number of carboxylic acid groups (broad SMARTS) is 1. The summed E-state index contributed by atoms with van der Waals surface area (Å²) in [6.45, 7) is 1.67. The van der Waals surface area contributed by atoms with Crippen LogP contribution in [-0.2, 0) is 9.53 Å². The molecule has 7 heteroatoms. The predicted molar refractivity (Wildman–Crippen MR) is 102 cm³/mol. The monoisotopic (exact) mass is 381 g/mol. The minimum atomic E-state index is -0.782. The van der Waals surface area contributed by atoms with Crippen molar-refractivity contribution in [1.82, 2.24) is 14.9 Å². The van der Waals surface area contributed by atoms with E-state index in [-0.39, 0.29) is 17.9 Å². The maximum Gasteiger partial charge on any atom is 0.309 e. The molecule has 7 nitrogen and oxygen atoms in total. The van der Waals surface area contributed by atoms with Crippen LogP contribution in [0.2, 0.25) is 0 Å². The summed E-state index contributed by atoms with van der Waals surface area (Å²) in [6.07, 6.45) is 4.85. The fourth-order valence-electron chi connectivity index (χ4n) is 4.25. The third-order valence-corrected chi connectivity index (χ3v) is 5.73. The number of hydrogen-bond donors (Lipinski definition) is 1. The second-order valence-corrected chi connectivity index (χ2v) is 7.35. The summed E-state index contributed by atoms with van der Waals surface area (Å²) in [5, 5.41) is 9.38. The van der Waals surface area contributed by atoms with Crippen molar-refractivity contribution in [1.29, 1.82) is 0 Å². The van der Waals surface area contributed by atoms with Crippen molar-refractivity contribution < 1.29 is 19.4 Å². The number of nitrogens with zero attached hydrogens (tertiary/aromatic N) is 3. The lowest BCUT2D eigenvalue weighted by atomic mass is 9.84. The Morgan fingerprint density at radius 3 is 2.57 bits per heavy atom. The highest BCUT2D eigenvalue weighted by molar-refractivity contribution is 5.99. The minimum Gasteiger partial charge on any atom is -0.481 e. The first-order valence-electron chi connectivity index (χ1n) is 9.64. The number of carbonyl (C=O) groups excluding carboxylic acids is 1. The summed E-state index contributed by atoms with van der Waals surface area (Å²) < 4.78 is 5.72. The number of rotatable bonds is 4. The van der Waals surface area contributed by atoms with Gasteiger partial charge >= 0.3 is 5.97 Å². The average molecular weight is 381 g/mol. The Labute approximate surface area is 163 Å². The van der Waals surface area contributed by atoms with Crippen molar-refractivity contribution in [3.8, 4) is 11.3 Å². The number of aliphatic carboxylic acids is 1. The first kappa shape index (κ1) is 18.6. The highest BCUT2D eigenvalue weighted by atomic mass is 16.5. The zero-order valence-electron chi connectivity index (χ0n) is 15.5. The molecular weight excluding hydrogens is 358 g/mol. The molecule has 2 aliphatic heterocycles. The number of hydrogen-bond acceptors (Lipinski definition) is 5. The van der Waals surface area contributed by atoms with Crippen LogP contribution in [0.1, 0.15) is 29.6 Å². The molecule has 1 N–H and O–H groups in total. The quantitative estimate of drug-likeness (QED) is 0.875. The third kappa shape index (κ3) is 3.62. The van der Waals surface area contributed by atoms with Gasteiger partial charge in [-0.3, -0.25) is 9.59 Å². The fraction of sp³-hybridized carbons (Fsp3) is 0.429. The Kier molecular flexibility index (Phi) is 5.34. The van der Waals surface area contributed by atoms with Crippen LogP contribution in [0.4, 0.5) is 0 Å². The Morgan fingerprint density at radius 2 is 1.86 bits per heavy atom. The van der Waals surface area contributed by atoms with Crippen molar-refractivity contribution in [3.63, 3.8) is 0 Å². The number of amides is 1. The van der Waals surface area contributed by atoms with Crippen molar-refractivity contribution in [2.45, 2.75) is 25.4 Å². The summed E-state index contributed by atoms with van der Waals surface area (Å²) in [6, 6.07) is 9.60. The van der Waals surface area contributed by atoms with Gasteiger partial charge in [0, 0.05) is 31.5 Å². The van der Waals surface area contributed by atoms with Gasteiger partial charge in [-0.15, -0.1) is 0 Å². The van der Waals surface area contributed by atoms with E-state index in [1.807, 2.05) is 35.2 Å². The van der Waals surface area contributed by atoms with Crippen LogP contribution < -0.4 is 0 Å². The number of piperidine rings is 1. The molecule has 4 rings (SSSR count). The van der Waals surface area contributed by atoms with Gasteiger partial charge in [0.1, 0.15) is 6.33 Å². The molecule has 28 heavy (non-hydrogen) atoms. The van der Waals surface area contributed by atoms with Gasteiger partial charge in [-0.05, 0) is 25.2 Å². The predicted octanol–water partition coefficient (Wildman–Crippen LogP) is 2.49. The molecule has 146 valence electrons. The lowest BCUT2D eigenvalue weighted by molar-refractivity contribution is -0.145. The molecule has 1 unspecified atom stereocenters. The Morgan fingerprint density at radius 1 is 1.11 bits per heavy atom. The molecule has 2 aromatic rings. The Balaban J connectivity index is 1.46. The van der Waals surface area contributed by atoms with Crippen LogP contribution in [0.5, 0.6) is 0 Å². The SMILES string of the molecule is O=C(O)C1CCO[C@H]1C1CCN(C(=O)c2cncnc2-c2ccccc2)CC1. The molecule has 0 saturated carbocycles. The Bertz CT molecular complexity index is 850. The van der Waals surface area contributed by atoms with E-state index in [1.54, 1.807) is 6.20 Å². The molecule has 2 aliphatic rings. The van der Waals surface area contributed by atoms with E-state index in [1.165, 1.54) is 6.33 Å². The van der Waals surface area contributed by atoms with Gasteiger partial charge in [-0.25, -0.2) is 9.97 Å². The highest BCUT2D eigenvalue weighted by Crippen LogP contribution is 2.34. The van der Waals surface area contributed by atoms with Crippen molar-refractivity contribution >= 4 is 11.9 Å². The van der Waals surface area contributed by atoms with Crippen LogP contribution in [-0.4, -0.2) is 57.7 Å². The number of carbonyl (C=O) groups is 2. The van der Waals surface area contributed by atoms with Crippen molar-refractivity contribution in [2.24, 2.45) is 11.8 Å². The largest absolute Gasteiger partial charge is 0.481 e. The molecule has 0 aliphatic carbocycles. The van der Waals surface area contributed by atoms with E-state index >= 15 is 0 Å². The van der Waals surface area contributed by atoms with Gasteiger partial charge in [0.05, 0.1) is 23.3 Å². The van der Waals surface area contributed by atoms with Crippen LogP contribution in [0.3, 0.4) is 0 Å². The molecule has 1 aromatic carbocycles. The molecule has 2 atom stereocenters. The van der Waals surface area contributed by atoms with Crippen LogP contribution in [0.25, 0.3) is 11.3 Å². The normalized spacial score (nSPS) is 22.9. The zero-order valence-corrected chi connectivity index (χ0v) is 15.5. The summed E-state index contributed by atoms with van der Waals surface area (Å²) in [4.78, 5) is 34.7. The molecule has 0 spiro atoms. The van der Waals surface area contributed by atoms with E-state index in [4.69, 9.17) is 4.74 Å². The van der Waals surface area contributed by atoms with Crippen LogP contribution >= 0.6 is 0 Å². The second kappa shape index (κ2) is 8.06. The van der Waals surface area contributed by atoms with E-state index in [0.29, 0.717) is 37.4 Å². The lowest BCUT2D eigenvalue weighted by Crippen LogP contribution is -2.43. The van der Waals surface area contributed by atoms with Crippen LogP contribution in [0.15, 0.2) is 42.9 Å². The summed E-state index contributed by atoms with van der Waals surface area (Å²) in [5.41, 5.74) is 2.01. The summed E-state index contributed by atoms with van der Waals surface area (Å²) in [5.74, 6) is -1.12. The van der Waals surface area contributed by atoms with Crippen molar-refractivity contribution in [2.75, 3.05) is 19.7 Å². The molecule has 2 saturated heterocycles. The molecule has 0 bridgehead atoms. The molecule has 1 amide bonds. The molecular formula is C21H23N3O4. The standard InChI is InChI=1S/C21H23N3O4/c25-20(17-12-22-13-23-18(17)14-4-2-1-3-5-14)24-9-6-15(7-10-24)19-16(21(26)27)8-11-28-19/h1-5,12-13,15-16,19H,6-11H2,(H,26,27)/t16?,19-/m0/s1. The third-order valence-electron chi connectivity index (χ3n) is 5.73. The van der Waals surface area contributed by atoms with Gasteiger partial charge in [-0.1, -0.05) is 30.3 Å². The number of ether oxygens (including phenoxy) is 1. The maximum absolute atomic E-state index is 13.1. The topological polar surface area (TPSA) is 92.6 Å². The highest BCUT2D eigenvalue weighted by Gasteiger charge is 2.41. The molecule has 3 heterocycles. The number of likely N-dealkylation sites (tertiary alicyclic amines) is 1. The van der Waals surface area contributed by atoms with E-state index in [2.05, 4.69) is 9.97 Å². The zero-order chi connectivity index (χ0) is 19.5. The van der Waals surface area contributed by atoms with E-state index in [9.17, 15) is 14.7 Å². The van der Waals surface area contributed by atoms with E-state index < -0.39 is 11.9 Å². The van der Waals surface area contributed by atoms with Gasteiger partial charge in [-0.2, -0.15) is 0 Å². The number of benzene rings is 1. The lowest BCUT2D eigenvalue weighted by Gasteiger charge is -2.35. The maximum atomic E-state index is 13.1. The molecule has 2 fully saturated rings. The number of aromatic nitrogens is 2. The fourth-order valence-corrected chi connectivity index (χ4v) is 4.25. The molecule has 1 aromatic heterocycles. The van der Waals surface area contributed by atoms with Gasteiger partial charge in [0.2, 0.25) is 0 Å². The molecule has 0 radical (unpaired) electrons. The first-order chi connectivity index (χ1) is 13.6. The second-order valence-electron chi connectivity index (χ2n) is 7.35. The number of carboxylic acids is 1. The average Bonchev–Trinajstić information content (AvgIpc) is 3.24. The van der Waals surface area contributed by atoms with Crippen molar-refractivity contribution in [3.05, 3.63) is 48.4 Å². The summed E-state index contributed by atoms with van der Waals surface area (Å²) >= 11 is 0. The minimum absolute atomic E-state index is 0.0833. The smallest absolute Gasteiger partial charge is 0.309 e. The van der Waals surface area contributed by atoms with Gasteiger partial charge < -0.3 is 14.7 Å².